The summed E-state index contributed by atoms with van der Waals surface area (Å²) in [6.07, 6.45) is -5.53. The molecule has 192 valence electrons. The Morgan fingerprint density at radius 3 is 2.49 bits per heavy atom. The third-order valence-electron chi connectivity index (χ3n) is 5.44. The lowest BCUT2D eigenvalue weighted by Crippen LogP contribution is -2.45. The summed E-state index contributed by atoms with van der Waals surface area (Å²) in [6, 6.07) is 1.91. The standard InChI is InChI=1S/C21H24F4N4O6/c1-12(30)34-11-18(32)29-7-6-27(5-4-26-29)19-15(22)8-13(9-16(19)23)28-10-14(35-21(28)33)2-3-17(31)20(24)25/h8-9,14,20,26H,2-7,10-11H2,1H3/t14-/m0/s1. The van der Waals surface area contributed by atoms with E-state index in [0.29, 0.717) is 0 Å². The van der Waals surface area contributed by atoms with Gasteiger partial charge in [0.25, 0.3) is 12.3 Å². The van der Waals surface area contributed by atoms with Gasteiger partial charge in [-0.25, -0.2) is 27.8 Å². The molecular formula is C21H24F4N4O6. The normalized spacial score (nSPS) is 18.5. The first-order valence-electron chi connectivity index (χ1n) is 10.8. The molecule has 0 unspecified atom stereocenters. The number of alkyl halides is 2. The summed E-state index contributed by atoms with van der Waals surface area (Å²) >= 11 is 0. The molecule has 2 aliphatic heterocycles. The Labute approximate surface area is 197 Å². The van der Waals surface area contributed by atoms with Crippen LogP contribution in [0, 0.1) is 11.6 Å². The minimum absolute atomic E-state index is 0.0538. The van der Waals surface area contributed by atoms with Gasteiger partial charge in [-0.05, 0) is 6.42 Å². The van der Waals surface area contributed by atoms with Gasteiger partial charge in [0.15, 0.2) is 24.0 Å². The number of nitrogens with one attached hydrogen (secondary N) is 1. The average Bonchev–Trinajstić information content (AvgIpc) is 2.99. The molecule has 2 amide bonds. The summed E-state index contributed by atoms with van der Waals surface area (Å²) in [4.78, 5) is 48.6. The number of hydrogen-bond acceptors (Lipinski definition) is 8. The van der Waals surface area contributed by atoms with Crippen molar-refractivity contribution in [2.45, 2.75) is 32.3 Å². The number of anilines is 2. The second kappa shape index (κ2) is 11.3. The lowest BCUT2D eigenvalue weighted by molar-refractivity contribution is -0.151. The quantitative estimate of drug-likeness (QED) is 0.421. The van der Waals surface area contributed by atoms with E-state index in [1.807, 2.05) is 0 Å². The predicted molar refractivity (Wildman–Crippen MR) is 113 cm³/mol. The highest BCUT2D eigenvalue weighted by Crippen LogP contribution is 2.31. The highest BCUT2D eigenvalue weighted by molar-refractivity contribution is 5.90. The Kier molecular flexibility index (Phi) is 8.48. The highest BCUT2D eigenvalue weighted by atomic mass is 19.3. The summed E-state index contributed by atoms with van der Waals surface area (Å²) in [5, 5.41) is 1.20. The van der Waals surface area contributed by atoms with Gasteiger partial charge in [-0.1, -0.05) is 0 Å². The van der Waals surface area contributed by atoms with Gasteiger partial charge >= 0.3 is 12.1 Å². The molecule has 0 aliphatic carbocycles. The third kappa shape index (κ3) is 6.59. The van der Waals surface area contributed by atoms with E-state index in [1.54, 1.807) is 0 Å². The number of nitrogens with zero attached hydrogens (tertiary/aromatic N) is 3. The number of rotatable bonds is 8. The minimum atomic E-state index is -3.12. The van der Waals surface area contributed by atoms with E-state index in [0.717, 1.165) is 24.0 Å². The summed E-state index contributed by atoms with van der Waals surface area (Å²) in [7, 11) is 0. The maximum Gasteiger partial charge on any atom is 0.414 e. The van der Waals surface area contributed by atoms with Crippen LogP contribution in [0.3, 0.4) is 0 Å². The van der Waals surface area contributed by atoms with Gasteiger partial charge < -0.3 is 14.4 Å². The SMILES string of the molecule is CC(=O)OCC(=O)N1CCN(c2c(F)cc(N3C[C@H](CCC(=O)C(F)F)OC3=O)cc2F)CCN1. The largest absolute Gasteiger partial charge is 0.456 e. The van der Waals surface area contributed by atoms with Gasteiger partial charge in [-0.15, -0.1) is 0 Å². The molecule has 10 nitrogen and oxygen atoms in total. The summed E-state index contributed by atoms with van der Waals surface area (Å²) in [5.74, 6) is -4.32. The first-order chi connectivity index (χ1) is 16.6. The van der Waals surface area contributed by atoms with Crippen LogP contribution in [-0.2, 0) is 23.9 Å². The fraction of sp³-hybridized carbons (Fsp3) is 0.524. The number of halogens is 4. The zero-order valence-corrected chi connectivity index (χ0v) is 18.8. The molecule has 2 saturated heterocycles. The maximum atomic E-state index is 15.0. The van der Waals surface area contributed by atoms with Crippen molar-refractivity contribution in [1.29, 1.82) is 0 Å². The lowest BCUT2D eigenvalue weighted by Gasteiger charge is -2.25. The minimum Gasteiger partial charge on any atom is -0.456 e. The van der Waals surface area contributed by atoms with Crippen molar-refractivity contribution < 1.29 is 46.2 Å². The van der Waals surface area contributed by atoms with Gasteiger partial charge in [0.05, 0.1) is 18.8 Å². The van der Waals surface area contributed by atoms with Crippen LogP contribution >= 0.6 is 0 Å². The lowest BCUT2D eigenvalue weighted by atomic mass is 10.1. The second-order valence-corrected chi connectivity index (χ2v) is 7.90. The van der Waals surface area contributed by atoms with Crippen molar-refractivity contribution in [1.82, 2.24) is 10.4 Å². The number of carbonyl (C=O) groups is 4. The van der Waals surface area contributed by atoms with Crippen molar-refractivity contribution in [3.8, 4) is 0 Å². The molecule has 35 heavy (non-hydrogen) atoms. The van der Waals surface area contributed by atoms with Crippen LogP contribution in [0.2, 0.25) is 0 Å². The van der Waals surface area contributed by atoms with E-state index in [9.17, 15) is 36.7 Å². The molecule has 0 bridgehead atoms. The van der Waals surface area contributed by atoms with Crippen molar-refractivity contribution >= 4 is 35.1 Å². The zero-order valence-electron chi connectivity index (χ0n) is 18.8. The smallest absolute Gasteiger partial charge is 0.414 e. The van der Waals surface area contributed by atoms with Crippen LogP contribution in [0.1, 0.15) is 19.8 Å². The van der Waals surface area contributed by atoms with Crippen LogP contribution in [0.5, 0.6) is 0 Å². The van der Waals surface area contributed by atoms with Crippen molar-refractivity contribution in [2.24, 2.45) is 0 Å². The molecule has 0 saturated carbocycles. The summed E-state index contributed by atoms with van der Waals surface area (Å²) in [6.45, 7) is 0.983. The fourth-order valence-corrected chi connectivity index (χ4v) is 3.71. The van der Waals surface area contributed by atoms with E-state index < -0.39 is 60.9 Å². The predicted octanol–water partition coefficient (Wildman–Crippen LogP) is 1.62. The number of ether oxygens (including phenoxy) is 2. The number of ketones is 1. The van der Waals surface area contributed by atoms with E-state index >= 15 is 0 Å². The van der Waals surface area contributed by atoms with Gasteiger partial charge in [0.1, 0.15) is 11.8 Å². The van der Waals surface area contributed by atoms with Crippen LogP contribution in [0.25, 0.3) is 0 Å². The maximum absolute atomic E-state index is 15.0. The van der Waals surface area contributed by atoms with E-state index in [4.69, 9.17) is 4.74 Å². The monoisotopic (exact) mass is 504 g/mol. The molecule has 0 spiro atoms. The Morgan fingerprint density at radius 1 is 1.17 bits per heavy atom. The Balaban J connectivity index is 1.65. The molecule has 3 rings (SSSR count). The van der Waals surface area contributed by atoms with Crippen LogP contribution in [0.4, 0.5) is 33.7 Å². The van der Waals surface area contributed by atoms with Crippen LogP contribution < -0.4 is 15.2 Å². The van der Waals surface area contributed by atoms with Crippen LogP contribution in [0.15, 0.2) is 12.1 Å². The Bertz CT molecular complexity index is 972. The van der Waals surface area contributed by atoms with Crippen molar-refractivity contribution in [3.05, 3.63) is 23.8 Å². The number of hydrazine groups is 1. The number of esters is 1. The Morgan fingerprint density at radius 2 is 1.86 bits per heavy atom. The summed E-state index contributed by atoms with van der Waals surface area (Å²) < 4.78 is 64.3. The summed E-state index contributed by atoms with van der Waals surface area (Å²) in [5.41, 5.74) is 2.33. The molecule has 1 aromatic carbocycles. The van der Waals surface area contributed by atoms with Crippen molar-refractivity contribution in [2.75, 3.05) is 49.1 Å². The molecule has 1 N–H and O–H groups in total. The van der Waals surface area contributed by atoms with Gasteiger partial charge in [-0.3, -0.25) is 24.3 Å². The molecule has 14 heteroatoms. The topological polar surface area (TPSA) is 108 Å². The number of Topliss-reactive ketones (excluding diaryl/α,β-unsaturated/α-hetero) is 1. The molecule has 2 fully saturated rings. The molecular weight excluding hydrogens is 480 g/mol. The van der Waals surface area contributed by atoms with Crippen LogP contribution in [-0.4, -0.2) is 80.6 Å². The Hall–Kier alpha value is -3.42. The number of cyclic esters (lactones) is 1. The van der Waals surface area contributed by atoms with E-state index in [-0.39, 0.29) is 50.5 Å². The van der Waals surface area contributed by atoms with Crippen molar-refractivity contribution in [3.63, 3.8) is 0 Å². The second-order valence-electron chi connectivity index (χ2n) is 7.90. The number of carbonyl (C=O) groups excluding carboxylic acids is 4. The molecule has 1 aromatic rings. The van der Waals surface area contributed by atoms with Gasteiger partial charge in [-0.2, -0.15) is 0 Å². The number of hydrogen-bond donors (Lipinski definition) is 1. The molecule has 0 radical (unpaired) electrons. The zero-order chi connectivity index (χ0) is 25.7. The highest BCUT2D eigenvalue weighted by Gasteiger charge is 2.34. The van der Waals surface area contributed by atoms with E-state index in [2.05, 4.69) is 10.2 Å². The molecule has 2 aliphatic rings. The van der Waals surface area contributed by atoms with E-state index in [1.165, 1.54) is 9.91 Å². The fourth-order valence-electron chi connectivity index (χ4n) is 3.71. The molecule has 0 aromatic heterocycles. The number of amides is 2. The first-order valence-corrected chi connectivity index (χ1v) is 10.8. The third-order valence-corrected chi connectivity index (χ3v) is 5.44. The first kappa shape index (κ1) is 26.2. The molecule has 2 heterocycles. The number of benzene rings is 1. The van der Waals surface area contributed by atoms with Gasteiger partial charge in [0, 0.05) is 45.1 Å². The average molecular weight is 504 g/mol. The van der Waals surface area contributed by atoms with Gasteiger partial charge in [0.2, 0.25) is 0 Å². The molecule has 1 atom stereocenters.